The summed E-state index contributed by atoms with van der Waals surface area (Å²) in [6, 6.07) is -0.858. The molecule has 0 aliphatic carbocycles. The molecule has 1 amide bonds. The van der Waals surface area contributed by atoms with E-state index in [1.807, 2.05) is 33.3 Å². The van der Waals surface area contributed by atoms with Crippen LogP contribution in [-0.2, 0) is 27.9 Å². The summed E-state index contributed by atoms with van der Waals surface area (Å²) in [5, 5.41) is 3.05. The van der Waals surface area contributed by atoms with Gasteiger partial charge in [-0.3, -0.25) is 18.6 Å². The standard InChI is InChI=1S/C68H125N2O7P/c1-7-10-13-16-19-22-25-27-29-30-31-32-33-34-35-36-37-38-39-40-41-43-46-49-52-55-58-61-68(72)77-66(59-56-53-50-47-44-24-21-18-15-12-9-3)65(64-76-78(73,74)75-63-62-70(4,5)6)69-67(71)60-57-54-51-48-45-42-28-26-23-20-17-14-11-8-2/h19,22,27,29,31-32,34-35,42,45,56,59,65-66H,7-18,20-21,23-26,28,30,33,36-41,43-44,46-55,57-58,60-64H2,1-6H3,(H-,69,71,73,74)/p+1/b22-19-,29-27-,32-31-,35-34-,45-42-,59-56-. The summed E-state index contributed by atoms with van der Waals surface area (Å²) in [6.45, 7) is 6.97. The molecule has 0 saturated heterocycles. The van der Waals surface area contributed by atoms with Crippen LogP contribution in [0.5, 0.6) is 0 Å². The number of rotatable bonds is 59. The van der Waals surface area contributed by atoms with Gasteiger partial charge in [-0.1, -0.05) is 255 Å². The van der Waals surface area contributed by atoms with Crippen LogP contribution in [0.1, 0.15) is 297 Å². The Balaban J connectivity index is 5.05. The van der Waals surface area contributed by atoms with Crippen LogP contribution < -0.4 is 5.32 Å². The lowest BCUT2D eigenvalue weighted by atomic mass is 10.0. The van der Waals surface area contributed by atoms with E-state index in [1.165, 1.54) is 173 Å². The molecule has 0 heterocycles. The summed E-state index contributed by atoms with van der Waals surface area (Å²) >= 11 is 0. The number of hydrogen-bond donors (Lipinski definition) is 2. The molecular weight excluding hydrogens is 988 g/mol. The molecule has 3 unspecified atom stereocenters. The molecule has 454 valence electrons. The smallest absolute Gasteiger partial charge is 0.456 e. The summed E-state index contributed by atoms with van der Waals surface area (Å²) in [7, 11) is 1.48. The van der Waals surface area contributed by atoms with Crippen molar-refractivity contribution in [3.63, 3.8) is 0 Å². The highest BCUT2D eigenvalue weighted by Gasteiger charge is 2.30. The first-order chi connectivity index (χ1) is 37.9. The Kier molecular flexibility index (Phi) is 55.8. The molecule has 0 fully saturated rings. The molecule has 9 nitrogen and oxygen atoms in total. The number of esters is 1. The van der Waals surface area contributed by atoms with Gasteiger partial charge in [-0.2, -0.15) is 0 Å². The van der Waals surface area contributed by atoms with Crippen LogP contribution in [0.4, 0.5) is 0 Å². The average Bonchev–Trinajstić information content (AvgIpc) is 3.40. The van der Waals surface area contributed by atoms with Gasteiger partial charge in [0.1, 0.15) is 19.3 Å². The van der Waals surface area contributed by atoms with Crippen molar-refractivity contribution in [1.82, 2.24) is 5.32 Å². The Morgan fingerprint density at radius 3 is 1.22 bits per heavy atom. The second-order valence-corrected chi connectivity index (χ2v) is 24.7. The van der Waals surface area contributed by atoms with Gasteiger partial charge in [-0.25, -0.2) is 4.57 Å². The number of carbonyl (C=O) groups is 2. The van der Waals surface area contributed by atoms with Gasteiger partial charge in [0.2, 0.25) is 5.91 Å². The summed E-state index contributed by atoms with van der Waals surface area (Å²) in [5.41, 5.74) is 0. The van der Waals surface area contributed by atoms with E-state index in [2.05, 4.69) is 86.8 Å². The Labute approximate surface area is 483 Å². The summed E-state index contributed by atoms with van der Waals surface area (Å²) < 4.78 is 30.7. The van der Waals surface area contributed by atoms with Crippen molar-refractivity contribution < 1.29 is 37.3 Å². The number of amides is 1. The molecule has 0 aromatic carbocycles. The third-order valence-electron chi connectivity index (χ3n) is 14.4. The maximum Gasteiger partial charge on any atom is 0.472 e. The molecule has 0 aromatic rings. The second kappa shape index (κ2) is 57.7. The molecule has 0 saturated carbocycles. The number of likely N-dealkylation sites (N-methyl/N-ethyl adjacent to an activating group) is 1. The van der Waals surface area contributed by atoms with Crippen molar-refractivity contribution in [2.45, 2.75) is 309 Å². The van der Waals surface area contributed by atoms with Crippen molar-refractivity contribution in [2.24, 2.45) is 0 Å². The minimum absolute atomic E-state index is 0.0357. The number of hydrogen-bond acceptors (Lipinski definition) is 6. The molecule has 0 aromatic heterocycles. The highest BCUT2D eigenvalue weighted by molar-refractivity contribution is 7.47. The van der Waals surface area contributed by atoms with Gasteiger partial charge in [0.15, 0.2) is 0 Å². The van der Waals surface area contributed by atoms with E-state index in [-0.39, 0.29) is 31.5 Å². The highest BCUT2D eigenvalue weighted by Crippen LogP contribution is 2.43. The molecule has 0 rings (SSSR count). The molecule has 3 atom stereocenters. The molecule has 0 aliphatic heterocycles. The summed E-state index contributed by atoms with van der Waals surface area (Å²) in [5.74, 6) is -0.524. The van der Waals surface area contributed by atoms with E-state index in [9.17, 15) is 19.0 Å². The van der Waals surface area contributed by atoms with Crippen LogP contribution in [0, 0.1) is 0 Å². The van der Waals surface area contributed by atoms with Gasteiger partial charge in [-0.15, -0.1) is 0 Å². The quantitative estimate of drug-likeness (QED) is 0.0205. The Bertz CT molecular complexity index is 1570. The van der Waals surface area contributed by atoms with Crippen LogP contribution in [-0.4, -0.2) is 74.3 Å². The van der Waals surface area contributed by atoms with Crippen LogP contribution in [0.3, 0.4) is 0 Å². The van der Waals surface area contributed by atoms with E-state index < -0.39 is 20.0 Å². The van der Waals surface area contributed by atoms with Crippen molar-refractivity contribution >= 4 is 19.7 Å². The van der Waals surface area contributed by atoms with Gasteiger partial charge >= 0.3 is 13.8 Å². The number of phosphoric acid groups is 1. The minimum Gasteiger partial charge on any atom is -0.456 e. The van der Waals surface area contributed by atoms with Crippen molar-refractivity contribution in [1.29, 1.82) is 0 Å². The van der Waals surface area contributed by atoms with Crippen molar-refractivity contribution in [3.8, 4) is 0 Å². The predicted molar refractivity (Wildman–Crippen MR) is 337 cm³/mol. The molecule has 78 heavy (non-hydrogen) atoms. The lowest BCUT2D eigenvalue weighted by Crippen LogP contribution is -2.47. The first kappa shape index (κ1) is 75.5. The SMILES string of the molecule is CCCCC/C=C\C/C=C\C/C=C\C/C=C\CCCCCCCCCCCCCC(=O)OC(/C=C\CCCCCCCCCCC)C(COP(=O)(O)OCC[N+](C)(C)C)NC(=O)CCCCC/C=C\CCCCCCCCC. The first-order valence-electron chi connectivity index (χ1n) is 32.8. The third-order valence-corrected chi connectivity index (χ3v) is 15.4. The molecule has 0 radical (unpaired) electrons. The second-order valence-electron chi connectivity index (χ2n) is 23.3. The Morgan fingerprint density at radius 1 is 0.449 bits per heavy atom. The summed E-state index contributed by atoms with van der Waals surface area (Å²) in [6.07, 6.45) is 74.8. The molecule has 0 bridgehead atoms. The Morgan fingerprint density at radius 2 is 0.782 bits per heavy atom. The lowest BCUT2D eigenvalue weighted by molar-refractivity contribution is -0.870. The molecule has 10 heteroatoms. The van der Waals surface area contributed by atoms with E-state index >= 15 is 0 Å². The summed E-state index contributed by atoms with van der Waals surface area (Å²) in [4.78, 5) is 37.7. The van der Waals surface area contributed by atoms with Gasteiger partial charge in [0.25, 0.3) is 0 Å². The molecular formula is C68H126N2O7P+. The van der Waals surface area contributed by atoms with Crippen molar-refractivity contribution in [3.05, 3.63) is 72.9 Å². The average molecular weight is 1110 g/mol. The first-order valence-corrected chi connectivity index (χ1v) is 34.3. The van der Waals surface area contributed by atoms with Crippen LogP contribution >= 0.6 is 7.82 Å². The van der Waals surface area contributed by atoms with E-state index in [0.717, 1.165) is 89.9 Å². The number of phosphoric ester groups is 1. The van der Waals surface area contributed by atoms with Crippen molar-refractivity contribution in [2.75, 3.05) is 40.9 Å². The number of allylic oxidation sites excluding steroid dienone is 11. The number of quaternary nitrogens is 1. The number of nitrogens with zero attached hydrogens (tertiary/aromatic N) is 1. The molecule has 0 aliphatic rings. The molecule has 0 spiro atoms. The van der Waals surface area contributed by atoms with Gasteiger partial charge in [0, 0.05) is 12.8 Å². The van der Waals surface area contributed by atoms with Crippen LogP contribution in [0.25, 0.3) is 0 Å². The largest absolute Gasteiger partial charge is 0.472 e. The fourth-order valence-electron chi connectivity index (χ4n) is 9.27. The highest BCUT2D eigenvalue weighted by atomic mass is 31.2. The number of nitrogens with one attached hydrogen (secondary N) is 1. The van der Waals surface area contributed by atoms with E-state index in [4.69, 9.17) is 13.8 Å². The maximum atomic E-state index is 13.5. The van der Waals surface area contributed by atoms with Crippen LogP contribution in [0.2, 0.25) is 0 Å². The fourth-order valence-corrected chi connectivity index (χ4v) is 10.0. The lowest BCUT2D eigenvalue weighted by Gasteiger charge is -2.27. The number of carbonyl (C=O) groups excluding carboxylic acids is 2. The zero-order valence-corrected chi connectivity index (χ0v) is 52.8. The number of unbranched alkanes of at least 4 members (excludes halogenated alkanes) is 33. The monoisotopic (exact) mass is 1110 g/mol. The topological polar surface area (TPSA) is 111 Å². The maximum absolute atomic E-state index is 13.5. The van der Waals surface area contributed by atoms with Crippen LogP contribution in [0.15, 0.2) is 72.9 Å². The number of ether oxygens (including phenoxy) is 1. The van der Waals surface area contributed by atoms with Gasteiger partial charge in [0.05, 0.1) is 33.8 Å². The van der Waals surface area contributed by atoms with Gasteiger partial charge in [-0.05, 0) is 102 Å². The zero-order chi connectivity index (χ0) is 57.2. The molecule has 2 N–H and O–H groups in total. The zero-order valence-electron chi connectivity index (χ0n) is 51.9. The minimum atomic E-state index is -4.45. The fraction of sp³-hybridized carbons (Fsp3) is 0.794. The van der Waals surface area contributed by atoms with E-state index in [1.54, 1.807) is 0 Å². The van der Waals surface area contributed by atoms with Gasteiger partial charge < -0.3 is 19.4 Å². The third kappa shape index (κ3) is 58.1. The predicted octanol–water partition coefficient (Wildman–Crippen LogP) is 20.4. The van der Waals surface area contributed by atoms with E-state index in [0.29, 0.717) is 17.4 Å². The Hall–Kier alpha value is -2.55. The normalized spacial score (nSPS) is 14.1.